The third-order valence-electron chi connectivity index (χ3n) is 4.24. The molecule has 124 valence electrons. The molecule has 1 saturated heterocycles. The molecule has 0 spiro atoms. The summed E-state index contributed by atoms with van der Waals surface area (Å²) >= 11 is 0. The van der Waals surface area contributed by atoms with Gasteiger partial charge in [0.05, 0.1) is 0 Å². The van der Waals surface area contributed by atoms with Crippen LogP contribution in [-0.4, -0.2) is 36.6 Å². The Balaban J connectivity index is 1.73. The van der Waals surface area contributed by atoms with Gasteiger partial charge >= 0.3 is 0 Å². The second-order valence-electron chi connectivity index (χ2n) is 5.75. The lowest BCUT2D eigenvalue weighted by Crippen LogP contribution is -2.42. The molecule has 0 radical (unpaired) electrons. The van der Waals surface area contributed by atoms with Crippen LogP contribution in [0.2, 0.25) is 0 Å². The Labute approximate surface area is 139 Å². The number of primary amides is 1. The molecule has 7 nitrogen and oxygen atoms in total. The summed E-state index contributed by atoms with van der Waals surface area (Å²) in [7, 11) is 0. The van der Waals surface area contributed by atoms with E-state index < -0.39 is 0 Å². The Hall–Kier alpha value is -3.01. The van der Waals surface area contributed by atoms with Gasteiger partial charge < -0.3 is 20.1 Å². The van der Waals surface area contributed by atoms with Gasteiger partial charge in [-0.05, 0) is 36.6 Å². The maximum Gasteiger partial charge on any atom is 0.264 e. The summed E-state index contributed by atoms with van der Waals surface area (Å²) in [5.74, 6) is 0.371. The molecule has 2 heterocycles. The number of hydrogen-bond acceptors (Lipinski definition) is 5. The standard InChI is InChI=1S/C17H17N3O4/c18-9-13(7-11-1-2-14-15(8-11)24-10-23-14)17(22)20-5-3-12(4-6-20)16(19)21/h1-2,7-8,12H,3-6,10H2,(H2,19,21)/b13-7-. The molecule has 3 rings (SSSR count). The van der Waals surface area contributed by atoms with Crippen LogP contribution in [-0.2, 0) is 9.59 Å². The maximum atomic E-state index is 12.5. The SMILES string of the molecule is N#C/C(=C/c1ccc2c(c1)OCO2)C(=O)N1CCC(C(N)=O)CC1. The van der Waals surface area contributed by atoms with Gasteiger partial charge in [0.15, 0.2) is 11.5 Å². The number of nitriles is 1. The lowest BCUT2D eigenvalue weighted by atomic mass is 9.96. The quantitative estimate of drug-likeness (QED) is 0.660. The van der Waals surface area contributed by atoms with E-state index in [2.05, 4.69) is 0 Å². The van der Waals surface area contributed by atoms with E-state index in [0.29, 0.717) is 43.0 Å². The lowest BCUT2D eigenvalue weighted by molar-refractivity contribution is -0.131. The summed E-state index contributed by atoms with van der Waals surface area (Å²) in [4.78, 5) is 25.3. The average molecular weight is 327 g/mol. The van der Waals surface area contributed by atoms with Crippen molar-refractivity contribution in [3.05, 3.63) is 29.3 Å². The molecule has 0 atom stereocenters. The summed E-state index contributed by atoms with van der Waals surface area (Å²) in [6.45, 7) is 1.01. The molecule has 0 aliphatic carbocycles. The number of rotatable bonds is 3. The van der Waals surface area contributed by atoms with Crippen molar-refractivity contribution in [1.29, 1.82) is 5.26 Å². The van der Waals surface area contributed by atoms with Crippen molar-refractivity contribution in [3.63, 3.8) is 0 Å². The number of carbonyl (C=O) groups is 2. The Kier molecular flexibility index (Phi) is 4.38. The minimum absolute atomic E-state index is 0.0476. The molecular formula is C17H17N3O4. The van der Waals surface area contributed by atoms with Gasteiger partial charge in [0, 0.05) is 19.0 Å². The molecule has 1 aromatic rings. The van der Waals surface area contributed by atoms with E-state index in [0.717, 1.165) is 0 Å². The molecule has 0 aromatic heterocycles. The zero-order valence-corrected chi connectivity index (χ0v) is 13.0. The van der Waals surface area contributed by atoms with E-state index in [1.165, 1.54) is 6.08 Å². The first-order valence-corrected chi connectivity index (χ1v) is 7.68. The van der Waals surface area contributed by atoms with Crippen molar-refractivity contribution in [3.8, 4) is 17.6 Å². The Morgan fingerprint density at radius 2 is 1.96 bits per heavy atom. The molecule has 7 heteroatoms. The average Bonchev–Trinajstić information content (AvgIpc) is 3.07. The number of fused-ring (bicyclic) bond motifs is 1. The van der Waals surface area contributed by atoms with Crippen LogP contribution >= 0.6 is 0 Å². The number of ether oxygens (including phenoxy) is 2. The van der Waals surface area contributed by atoms with Crippen LogP contribution in [0, 0.1) is 17.2 Å². The summed E-state index contributed by atoms with van der Waals surface area (Å²) in [5, 5.41) is 9.33. The van der Waals surface area contributed by atoms with Crippen LogP contribution in [0.15, 0.2) is 23.8 Å². The molecule has 2 amide bonds. The highest BCUT2D eigenvalue weighted by Gasteiger charge is 2.27. The van der Waals surface area contributed by atoms with Crippen molar-refractivity contribution in [2.75, 3.05) is 19.9 Å². The van der Waals surface area contributed by atoms with Crippen LogP contribution in [0.1, 0.15) is 18.4 Å². The number of nitrogens with zero attached hydrogens (tertiary/aromatic N) is 2. The summed E-state index contributed by atoms with van der Waals surface area (Å²) in [6, 6.07) is 7.19. The van der Waals surface area contributed by atoms with E-state index >= 15 is 0 Å². The Bertz CT molecular complexity index is 743. The van der Waals surface area contributed by atoms with Gasteiger partial charge in [-0.2, -0.15) is 5.26 Å². The van der Waals surface area contributed by atoms with E-state index in [-0.39, 0.29) is 30.1 Å². The second-order valence-corrected chi connectivity index (χ2v) is 5.75. The predicted molar refractivity (Wildman–Crippen MR) is 84.7 cm³/mol. The Morgan fingerprint density at radius 3 is 2.62 bits per heavy atom. The number of benzene rings is 1. The minimum Gasteiger partial charge on any atom is -0.454 e. The van der Waals surface area contributed by atoms with Gasteiger partial charge in [0.1, 0.15) is 11.6 Å². The summed E-state index contributed by atoms with van der Waals surface area (Å²) in [5.41, 5.74) is 6.03. The fourth-order valence-electron chi connectivity index (χ4n) is 2.85. The molecule has 0 saturated carbocycles. The van der Waals surface area contributed by atoms with Crippen LogP contribution in [0.25, 0.3) is 6.08 Å². The first kappa shape index (κ1) is 15.9. The van der Waals surface area contributed by atoms with Crippen LogP contribution in [0.4, 0.5) is 0 Å². The summed E-state index contributed by atoms with van der Waals surface area (Å²) in [6.07, 6.45) is 2.60. The number of hydrogen-bond donors (Lipinski definition) is 1. The van der Waals surface area contributed by atoms with Crippen molar-refractivity contribution >= 4 is 17.9 Å². The molecule has 2 aliphatic rings. The molecular weight excluding hydrogens is 310 g/mol. The van der Waals surface area contributed by atoms with E-state index in [1.807, 2.05) is 6.07 Å². The zero-order chi connectivity index (χ0) is 17.1. The summed E-state index contributed by atoms with van der Waals surface area (Å²) < 4.78 is 10.5. The van der Waals surface area contributed by atoms with Crippen molar-refractivity contribution < 1.29 is 19.1 Å². The van der Waals surface area contributed by atoms with Crippen molar-refractivity contribution in [2.45, 2.75) is 12.8 Å². The monoisotopic (exact) mass is 327 g/mol. The highest BCUT2D eigenvalue weighted by atomic mass is 16.7. The van der Waals surface area contributed by atoms with Gasteiger partial charge in [-0.25, -0.2) is 0 Å². The number of amides is 2. The van der Waals surface area contributed by atoms with E-state index in [4.69, 9.17) is 15.2 Å². The number of likely N-dealkylation sites (tertiary alicyclic amines) is 1. The molecule has 1 aromatic carbocycles. The first-order chi connectivity index (χ1) is 11.6. The fourth-order valence-corrected chi connectivity index (χ4v) is 2.85. The third kappa shape index (κ3) is 3.18. The third-order valence-corrected chi connectivity index (χ3v) is 4.24. The number of piperidine rings is 1. The Morgan fingerprint density at radius 1 is 1.25 bits per heavy atom. The number of nitrogens with two attached hydrogens (primary N) is 1. The first-order valence-electron chi connectivity index (χ1n) is 7.68. The maximum absolute atomic E-state index is 12.5. The molecule has 2 aliphatic heterocycles. The van der Waals surface area contributed by atoms with Crippen LogP contribution < -0.4 is 15.2 Å². The number of carbonyl (C=O) groups excluding carboxylic acids is 2. The van der Waals surface area contributed by atoms with Crippen LogP contribution in [0.3, 0.4) is 0 Å². The molecule has 24 heavy (non-hydrogen) atoms. The molecule has 2 N–H and O–H groups in total. The lowest BCUT2D eigenvalue weighted by Gasteiger charge is -2.30. The normalized spacial score (nSPS) is 17.5. The topological polar surface area (TPSA) is 106 Å². The molecule has 0 unspecified atom stereocenters. The van der Waals surface area contributed by atoms with Gasteiger partial charge in [0.2, 0.25) is 12.7 Å². The van der Waals surface area contributed by atoms with Crippen molar-refractivity contribution in [2.24, 2.45) is 11.7 Å². The van der Waals surface area contributed by atoms with Gasteiger partial charge in [0.25, 0.3) is 5.91 Å². The minimum atomic E-state index is -0.335. The van der Waals surface area contributed by atoms with E-state index in [9.17, 15) is 14.9 Å². The van der Waals surface area contributed by atoms with Crippen molar-refractivity contribution in [1.82, 2.24) is 4.90 Å². The van der Waals surface area contributed by atoms with Gasteiger partial charge in [-0.15, -0.1) is 0 Å². The fraction of sp³-hybridized carbons (Fsp3) is 0.353. The largest absolute Gasteiger partial charge is 0.454 e. The van der Waals surface area contributed by atoms with E-state index in [1.54, 1.807) is 23.1 Å². The van der Waals surface area contributed by atoms with Crippen LogP contribution in [0.5, 0.6) is 11.5 Å². The second kappa shape index (κ2) is 6.62. The molecule has 0 bridgehead atoms. The zero-order valence-electron chi connectivity index (χ0n) is 13.0. The molecule has 1 fully saturated rings. The smallest absolute Gasteiger partial charge is 0.264 e. The van der Waals surface area contributed by atoms with Gasteiger partial charge in [-0.3, -0.25) is 9.59 Å². The van der Waals surface area contributed by atoms with Gasteiger partial charge in [-0.1, -0.05) is 6.07 Å². The highest BCUT2D eigenvalue weighted by molar-refractivity contribution is 6.01. The highest BCUT2D eigenvalue weighted by Crippen LogP contribution is 2.33. The predicted octanol–water partition coefficient (Wildman–Crippen LogP) is 1.05.